The van der Waals surface area contributed by atoms with Crippen molar-refractivity contribution in [1.82, 2.24) is 4.98 Å². The third kappa shape index (κ3) is 3.97. The molecular formula is C20H19BrN2O2S. The molecule has 0 saturated heterocycles. The van der Waals surface area contributed by atoms with Crippen molar-refractivity contribution in [3.63, 3.8) is 0 Å². The van der Waals surface area contributed by atoms with Gasteiger partial charge in [-0.05, 0) is 30.7 Å². The third-order valence-corrected chi connectivity index (χ3v) is 5.28. The number of ether oxygens (including phenoxy) is 1. The van der Waals surface area contributed by atoms with Gasteiger partial charge in [-0.3, -0.25) is 9.69 Å². The average Bonchev–Trinajstić information content (AvgIpc) is 3.16. The molecule has 1 heterocycles. The molecule has 0 aliphatic rings. The summed E-state index contributed by atoms with van der Waals surface area (Å²) in [6.07, 6.45) is 0.841. The lowest BCUT2D eigenvalue weighted by molar-refractivity contribution is 0.0984. The predicted molar refractivity (Wildman–Crippen MR) is 110 cm³/mol. The van der Waals surface area contributed by atoms with Gasteiger partial charge in [0.2, 0.25) is 0 Å². The van der Waals surface area contributed by atoms with E-state index in [0.717, 1.165) is 22.2 Å². The van der Waals surface area contributed by atoms with Crippen LogP contribution in [-0.4, -0.2) is 24.5 Å². The number of aromatic nitrogens is 1. The van der Waals surface area contributed by atoms with Gasteiger partial charge in [0.1, 0.15) is 5.75 Å². The normalized spacial score (nSPS) is 10.6. The van der Waals surface area contributed by atoms with Gasteiger partial charge < -0.3 is 4.74 Å². The van der Waals surface area contributed by atoms with Gasteiger partial charge in [-0.2, -0.15) is 0 Å². The Labute approximate surface area is 165 Å². The molecule has 134 valence electrons. The van der Waals surface area contributed by atoms with Crippen LogP contribution in [0.15, 0.2) is 58.4 Å². The zero-order valence-corrected chi connectivity index (χ0v) is 17.0. The van der Waals surface area contributed by atoms with E-state index in [0.29, 0.717) is 23.0 Å². The number of thiazole rings is 1. The quantitative estimate of drug-likeness (QED) is 0.508. The van der Waals surface area contributed by atoms with Crippen LogP contribution in [0.5, 0.6) is 5.75 Å². The number of anilines is 1. The molecule has 26 heavy (non-hydrogen) atoms. The highest BCUT2D eigenvalue weighted by atomic mass is 79.9. The first-order chi connectivity index (χ1) is 12.6. The van der Waals surface area contributed by atoms with Crippen molar-refractivity contribution in [2.45, 2.75) is 13.3 Å². The number of methoxy groups -OCH3 is 1. The first-order valence-electron chi connectivity index (χ1n) is 8.30. The summed E-state index contributed by atoms with van der Waals surface area (Å²) in [6, 6.07) is 15.3. The van der Waals surface area contributed by atoms with Crippen molar-refractivity contribution in [2.24, 2.45) is 0 Å². The fourth-order valence-electron chi connectivity index (χ4n) is 2.62. The minimum Gasteiger partial charge on any atom is -0.496 e. The lowest BCUT2D eigenvalue weighted by atomic mass is 10.1. The molecule has 1 aromatic heterocycles. The second kappa shape index (κ2) is 8.47. The van der Waals surface area contributed by atoms with Gasteiger partial charge >= 0.3 is 0 Å². The van der Waals surface area contributed by atoms with Crippen molar-refractivity contribution in [1.29, 1.82) is 0 Å². The molecule has 3 rings (SSSR count). The molecule has 2 aromatic carbocycles. The molecule has 0 atom stereocenters. The van der Waals surface area contributed by atoms with Gasteiger partial charge in [0.25, 0.3) is 5.91 Å². The Morgan fingerprint density at radius 3 is 2.62 bits per heavy atom. The van der Waals surface area contributed by atoms with Crippen LogP contribution in [0.25, 0.3) is 11.3 Å². The molecule has 0 aliphatic carbocycles. The number of nitrogens with zero attached hydrogens (tertiary/aromatic N) is 2. The number of hydrogen-bond donors (Lipinski definition) is 0. The molecular weight excluding hydrogens is 412 g/mol. The fraction of sp³-hybridized carbons (Fsp3) is 0.200. The summed E-state index contributed by atoms with van der Waals surface area (Å²) in [5.41, 5.74) is 2.44. The Kier molecular flexibility index (Phi) is 6.06. The van der Waals surface area contributed by atoms with Crippen LogP contribution in [-0.2, 0) is 0 Å². The van der Waals surface area contributed by atoms with E-state index in [-0.39, 0.29) is 5.91 Å². The van der Waals surface area contributed by atoms with Gasteiger partial charge in [0.15, 0.2) is 5.13 Å². The van der Waals surface area contributed by atoms with E-state index < -0.39 is 0 Å². The van der Waals surface area contributed by atoms with E-state index in [9.17, 15) is 4.79 Å². The second-order valence-electron chi connectivity index (χ2n) is 5.68. The van der Waals surface area contributed by atoms with Crippen LogP contribution >= 0.6 is 27.3 Å². The van der Waals surface area contributed by atoms with Crippen LogP contribution in [0, 0.1) is 0 Å². The smallest absolute Gasteiger partial charge is 0.263 e. The molecule has 0 bridgehead atoms. The highest BCUT2D eigenvalue weighted by molar-refractivity contribution is 9.10. The Morgan fingerprint density at radius 2 is 1.92 bits per heavy atom. The number of amides is 1. The van der Waals surface area contributed by atoms with Crippen molar-refractivity contribution >= 4 is 38.3 Å². The zero-order chi connectivity index (χ0) is 18.5. The maximum atomic E-state index is 13.1. The number of carbonyl (C=O) groups is 1. The minimum atomic E-state index is -0.0963. The molecule has 0 radical (unpaired) electrons. The Hall–Kier alpha value is -2.18. The lowest BCUT2D eigenvalue weighted by Gasteiger charge is -2.20. The number of para-hydroxylation sites is 1. The number of carbonyl (C=O) groups excluding carboxylic acids is 1. The number of rotatable bonds is 6. The standard InChI is InChI=1S/C20H19BrN2O2S/c1-3-12-23(19(24)16-6-4-5-7-18(16)25-2)20-22-17(13-26-20)14-8-10-15(21)11-9-14/h4-11,13H,3,12H2,1-2H3. The molecule has 3 aromatic rings. The summed E-state index contributed by atoms with van der Waals surface area (Å²) in [5.74, 6) is 0.476. The highest BCUT2D eigenvalue weighted by Crippen LogP contribution is 2.30. The summed E-state index contributed by atoms with van der Waals surface area (Å²) in [7, 11) is 1.57. The van der Waals surface area contributed by atoms with E-state index in [4.69, 9.17) is 9.72 Å². The lowest BCUT2D eigenvalue weighted by Crippen LogP contribution is -2.31. The summed E-state index contributed by atoms with van der Waals surface area (Å²) >= 11 is 4.92. The SMILES string of the molecule is CCCN(C(=O)c1ccccc1OC)c1nc(-c2ccc(Br)cc2)cs1. The molecule has 4 nitrogen and oxygen atoms in total. The van der Waals surface area contributed by atoms with Gasteiger partial charge in [-0.1, -0.05) is 47.1 Å². The highest BCUT2D eigenvalue weighted by Gasteiger charge is 2.23. The van der Waals surface area contributed by atoms with Crippen LogP contribution in [0.1, 0.15) is 23.7 Å². The van der Waals surface area contributed by atoms with Gasteiger partial charge in [-0.15, -0.1) is 11.3 Å². The van der Waals surface area contributed by atoms with E-state index in [2.05, 4.69) is 15.9 Å². The maximum Gasteiger partial charge on any atom is 0.263 e. The second-order valence-corrected chi connectivity index (χ2v) is 7.43. The summed E-state index contributed by atoms with van der Waals surface area (Å²) < 4.78 is 6.37. The third-order valence-electron chi connectivity index (χ3n) is 3.89. The number of hydrogen-bond acceptors (Lipinski definition) is 4. The van der Waals surface area contributed by atoms with E-state index in [1.54, 1.807) is 24.1 Å². The van der Waals surface area contributed by atoms with Crippen molar-refractivity contribution in [3.8, 4) is 17.0 Å². The van der Waals surface area contributed by atoms with Gasteiger partial charge in [0, 0.05) is 22.0 Å². The molecule has 0 N–H and O–H groups in total. The number of benzene rings is 2. The predicted octanol–water partition coefficient (Wildman–Crippen LogP) is 5.64. The molecule has 0 aliphatic heterocycles. The molecule has 0 spiro atoms. The first kappa shape index (κ1) is 18.6. The topological polar surface area (TPSA) is 42.4 Å². The minimum absolute atomic E-state index is 0.0963. The zero-order valence-electron chi connectivity index (χ0n) is 14.6. The van der Waals surface area contributed by atoms with Gasteiger partial charge in [0.05, 0.1) is 18.4 Å². The summed E-state index contributed by atoms with van der Waals surface area (Å²) in [4.78, 5) is 19.5. The summed E-state index contributed by atoms with van der Waals surface area (Å²) in [6.45, 7) is 2.65. The van der Waals surface area contributed by atoms with Crippen LogP contribution in [0.4, 0.5) is 5.13 Å². The maximum absolute atomic E-state index is 13.1. The number of halogens is 1. The molecule has 1 amide bonds. The van der Waals surface area contributed by atoms with E-state index in [1.165, 1.54) is 11.3 Å². The van der Waals surface area contributed by atoms with Crippen LogP contribution in [0.2, 0.25) is 0 Å². The van der Waals surface area contributed by atoms with Crippen molar-refractivity contribution in [2.75, 3.05) is 18.6 Å². The van der Waals surface area contributed by atoms with Crippen LogP contribution < -0.4 is 9.64 Å². The Balaban J connectivity index is 1.93. The van der Waals surface area contributed by atoms with Crippen LogP contribution in [0.3, 0.4) is 0 Å². The molecule has 6 heteroatoms. The molecule has 0 unspecified atom stereocenters. The van der Waals surface area contributed by atoms with Gasteiger partial charge in [-0.25, -0.2) is 4.98 Å². The van der Waals surface area contributed by atoms with E-state index >= 15 is 0 Å². The first-order valence-corrected chi connectivity index (χ1v) is 9.97. The molecule has 0 saturated carbocycles. The summed E-state index contributed by atoms with van der Waals surface area (Å²) in [5, 5.41) is 2.68. The van der Waals surface area contributed by atoms with E-state index in [1.807, 2.05) is 48.7 Å². The largest absolute Gasteiger partial charge is 0.496 e. The average molecular weight is 431 g/mol. The Morgan fingerprint density at radius 1 is 1.19 bits per heavy atom. The monoisotopic (exact) mass is 430 g/mol. The van der Waals surface area contributed by atoms with Crippen molar-refractivity contribution < 1.29 is 9.53 Å². The van der Waals surface area contributed by atoms with Crippen molar-refractivity contribution in [3.05, 3.63) is 63.9 Å². The Bertz CT molecular complexity index is 893. The molecule has 0 fully saturated rings. The fourth-order valence-corrected chi connectivity index (χ4v) is 3.74.